The maximum absolute atomic E-state index is 13.6. The smallest absolute Gasteiger partial charge is 0.341 e. The Hall–Kier alpha value is -3.17. The average Bonchev–Trinajstić information content (AvgIpc) is 3.14. The van der Waals surface area contributed by atoms with Gasteiger partial charge in [0, 0.05) is 35.6 Å². The zero-order valence-electron chi connectivity index (χ0n) is 19.6. The summed E-state index contributed by atoms with van der Waals surface area (Å²) in [5, 5.41) is 4.93. The number of carbonyl (C=O) groups excluding carboxylic acids is 2. The molecule has 8 nitrogen and oxygen atoms in total. The van der Waals surface area contributed by atoms with Gasteiger partial charge in [-0.15, -0.1) is 0 Å². The minimum atomic E-state index is -4.02. The van der Waals surface area contributed by atoms with Crippen LogP contribution in [0.15, 0.2) is 47.4 Å². The molecule has 0 bridgehead atoms. The molecule has 34 heavy (non-hydrogen) atoms. The summed E-state index contributed by atoms with van der Waals surface area (Å²) in [7, 11) is -4.02. The maximum atomic E-state index is 13.6. The van der Waals surface area contributed by atoms with E-state index in [0.29, 0.717) is 29.9 Å². The molecule has 1 saturated heterocycles. The molecule has 0 radical (unpaired) electrons. The number of aromatic nitrogens is 1. The molecule has 1 aliphatic heterocycles. The minimum Gasteiger partial charge on any atom is -0.462 e. The van der Waals surface area contributed by atoms with Crippen molar-refractivity contribution in [2.45, 2.75) is 38.5 Å². The van der Waals surface area contributed by atoms with Crippen molar-refractivity contribution in [2.24, 2.45) is 5.92 Å². The molecule has 2 aromatic carbocycles. The monoisotopic (exact) mass is 483 g/mol. The number of nitrogens with zero attached hydrogens (tertiary/aromatic N) is 1. The second-order valence-electron chi connectivity index (χ2n) is 8.52. The first-order valence-corrected chi connectivity index (χ1v) is 12.8. The standard InChI is InChI=1S/C25H29N3O5S/c1-4-33-25(30)22-16(2)26-17(3)23(22)34(31,32)28-14-8-11-19(15-28)24(29)27-21-13-7-10-18-9-5-6-12-20(18)21/h5-7,9-10,12-13,19,26H,4,8,11,14-15H2,1-3H3,(H,27,29)/t19-/m0/s1. The second kappa shape index (κ2) is 9.60. The van der Waals surface area contributed by atoms with Gasteiger partial charge in [0.1, 0.15) is 10.5 Å². The van der Waals surface area contributed by atoms with Crippen molar-refractivity contribution >= 4 is 38.4 Å². The first-order valence-electron chi connectivity index (χ1n) is 11.4. The fourth-order valence-corrected chi connectivity index (χ4v) is 6.54. The molecule has 0 unspecified atom stereocenters. The summed E-state index contributed by atoms with van der Waals surface area (Å²) in [5.41, 5.74) is 1.55. The van der Waals surface area contributed by atoms with Crippen LogP contribution in [-0.2, 0) is 19.6 Å². The number of ether oxygens (including phenoxy) is 1. The zero-order chi connectivity index (χ0) is 24.5. The van der Waals surface area contributed by atoms with Crippen LogP contribution in [0.5, 0.6) is 0 Å². The Balaban J connectivity index is 1.58. The van der Waals surface area contributed by atoms with Crippen molar-refractivity contribution in [2.75, 3.05) is 25.0 Å². The molecule has 1 amide bonds. The summed E-state index contributed by atoms with van der Waals surface area (Å²) >= 11 is 0. The molecule has 3 aromatic rings. The Morgan fingerprint density at radius 2 is 1.85 bits per heavy atom. The number of aromatic amines is 1. The van der Waals surface area contributed by atoms with E-state index >= 15 is 0 Å². The van der Waals surface area contributed by atoms with Crippen molar-refractivity contribution in [3.05, 3.63) is 59.4 Å². The van der Waals surface area contributed by atoms with E-state index in [4.69, 9.17) is 4.74 Å². The largest absolute Gasteiger partial charge is 0.462 e. The SMILES string of the molecule is CCOC(=O)c1c(C)[nH]c(C)c1S(=O)(=O)N1CCC[C@H](C(=O)Nc2cccc3ccccc23)C1. The van der Waals surface area contributed by atoms with Crippen LogP contribution in [0.3, 0.4) is 0 Å². The van der Waals surface area contributed by atoms with Gasteiger partial charge in [0.05, 0.1) is 12.5 Å². The third kappa shape index (κ3) is 4.45. The zero-order valence-corrected chi connectivity index (χ0v) is 20.4. The van der Waals surface area contributed by atoms with Crippen LogP contribution in [-0.4, -0.2) is 49.3 Å². The van der Waals surface area contributed by atoms with E-state index < -0.39 is 21.9 Å². The molecule has 2 heterocycles. The molecule has 0 aliphatic carbocycles. The van der Waals surface area contributed by atoms with E-state index in [1.165, 1.54) is 4.31 Å². The van der Waals surface area contributed by atoms with Gasteiger partial charge in [-0.1, -0.05) is 36.4 Å². The van der Waals surface area contributed by atoms with E-state index in [0.717, 1.165) is 10.8 Å². The highest BCUT2D eigenvalue weighted by Crippen LogP contribution is 2.31. The summed E-state index contributed by atoms with van der Waals surface area (Å²) in [4.78, 5) is 28.5. The van der Waals surface area contributed by atoms with Crippen LogP contribution in [0.2, 0.25) is 0 Å². The van der Waals surface area contributed by atoms with Gasteiger partial charge in [0.25, 0.3) is 0 Å². The number of benzene rings is 2. The van der Waals surface area contributed by atoms with Crippen molar-refractivity contribution in [1.82, 2.24) is 9.29 Å². The fourth-order valence-electron chi connectivity index (χ4n) is 4.60. The van der Waals surface area contributed by atoms with Crippen molar-refractivity contribution in [3.63, 3.8) is 0 Å². The van der Waals surface area contributed by atoms with Crippen molar-refractivity contribution in [3.8, 4) is 0 Å². The number of rotatable bonds is 6. The van der Waals surface area contributed by atoms with Gasteiger partial charge in [-0.25, -0.2) is 13.2 Å². The number of esters is 1. The van der Waals surface area contributed by atoms with Crippen LogP contribution in [0.4, 0.5) is 5.69 Å². The van der Waals surface area contributed by atoms with Gasteiger partial charge in [-0.05, 0) is 45.1 Å². The Labute approximate surface area is 199 Å². The molecular weight excluding hydrogens is 454 g/mol. The number of aryl methyl sites for hydroxylation is 2. The first kappa shape index (κ1) is 24.0. The van der Waals surface area contributed by atoms with Crippen LogP contribution in [0.25, 0.3) is 10.8 Å². The molecule has 1 fully saturated rings. The van der Waals surface area contributed by atoms with E-state index in [1.54, 1.807) is 20.8 Å². The lowest BCUT2D eigenvalue weighted by Crippen LogP contribution is -2.44. The number of carbonyl (C=O) groups is 2. The molecular formula is C25H29N3O5S. The number of fused-ring (bicyclic) bond motifs is 1. The van der Waals surface area contributed by atoms with E-state index in [9.17, 15) is 18.0 Å². The van der Waals surface area contributed by atoms with E-state index in [1.807, 2.05) is 42.5 Å². The Bertz CT molecular complexity index is 1340. The topological polar surface area (TPSA) is 109 Å². The number of amides is 1. The third-order valence-corrected chi connectivity index (χ3v) is 8.24. The number of sulfonamides is 1. The van der Waals surface area contributed by atoms with Gasteiger partial charge in [-0.2, -0.15) is 4.31 Å². The lowest BCUT2D eigenvalue weighted by molar-refractivity contribution is -0.120. The Morgan fingerprint density at radius 1 is 1.12 bits per heavy atom. The number of piperidine rings is 1. The summed E-state index contributed by atoms with van der Waals surface area (Å²) in [5.74, 6) is -1.40. The molecule has 0 spiro atoms. The number of H-pyrrole nitrogens is 1. The van der Waals surface area contributed by atoms with Crippen molar-refractivity contribution in [1.29, 1.82) is 0 Å². The van der Waals surface area contributed by atoms with Gasteiger partial charge < -0.3 is 15.0 Å². The van der Waals surface area contributed by atoms with E-state index in [2.05, 4.69) is 10.3 Å². The maximum Gasteiger partial charge on any atom is 0.341 e. The summed E-state index contributed by atoms with van der Waals surface area (Å²) in [6.07, 6.45) is 1.13. The number of hydrogen-bond donors (Lipinski definition) is 2. The quantitative estimate of drug-likeness (QED) is 0.515. The molecule has 9 heteroatoms. The first-order chi connectivity index (χ1) is 16.2. The van der Waals surface area contributed by atoms with Gasteiger partial charge in [0.15, 0.2) is 0 Å². The lowest BCUT2D eigenvalue weighted by atomic mass is 9.98. The molecule has 1 aliphatic rings. The summed E-state index contributed by atoms with van der Waals surface area (Å²) in [6, 6.07) is 13.5. The van der Waals surface area contributed by atoms with Crippen LogP contribution >= 0.6 is 0 Å². The normalized spacial score (nSPS) is 17.0. The number of nitrogens with one attached hydrogen (secondary N) is 2. The van der Waals surface area contributed by atoms with Crippen LogP contribution < -0.4 is 5.32 Å². The fraction of sp³-hybridized carbons (Fsp3) is 0.360. The van der Waals surface area contributed by atoms with Gasteiger partial charge in [0.2, 0.25) is 15.9 Å². The number of anilines is 1. The Morgan fingerprint density at radius 3 is 2.62 bits per heavy atom. The second-order valence-corrected chi connectivity index (χ2v) is 10.4. The predicted molar refractivity (Wildman–Crippen MR) is 130 cm³/mol. The lowest BCUT2D eigenvalue weighted by Gasteiger charge is -2.31. The molecule has 2 N–H and O–H groups in total. The number of hydrogen-bond acceptors (Lipinski definition) is 5. The summed E-state index contributed by atoms with van der Waals surface area (Å²) in [6.45, 7) is 5.41. The van der Waals surface area contributed by atoms with Gasteiger partial charge >= 0.3 is 5.97 Å². The van der Waals surface area contributed by atoms with Crippen LogP contribution in [0.1, 0.15) is 41.5 Å². The minimum absolute atomic E-state index is 0.0293. The van der Waals surface area contributed by atoms with Crippen LogP contribution in [0, 0.1) is 19.8 Å². The Kier molecular flexibility index (Phi) is 6.77. The van der Waals surface area contributed by atoms with Crippen molar-refractivity contribution < 1.29 is 22.7 Å². The molecule has 1 aromatic heterocycles. The van der Waals surface area contributed by atoms with Gasteiger partial charge in [-0.3, -0.25) is 4.79 Å². The third-order valence-electron chi connectivity index (χ3n) is 6.20. The summed E-state index contributed by atoms with van der Waals surface area (Å²) < 4.78 is 33.6. The highest BCUT2D eigenvalue weighted by atomic mass is 32.2. The van der Waals surface area contributed by atoms with E-state index in [-0.39, 0.29) is 36.1 Å². The molecule has 0 saturated carbocycles. The molecule has 4 rings (SSSR count). The highest BCUT2D eigenvalue weighted by Gasteiger charge is 2.38. The average molecular weight is 484 g/mol. The predicted octanol–water partition coefficient (Wildman–Crippen LogP) is 4.00. The molecule has 1 atom stereocenters. The molecule has 180 valence electrons. The highest BCUT2D eigenvalue weighted by molar-refractivity contribution is 7.89.